The molecule has 3 rings (SSSR count). The first kappa shape index (κ1) is 26.6. The number of sulfone groups is 1. The number of amides is 1. The Labute approximate surface area is 206 Å². The van der Waals surface area contributed by atoms with Crippen molar-refractivity contribution in [3.8, 4) is 0 Å². The molecule has 0 fully saturated rings. The van der Waals surface area contributed by atoms with Crippen LogP contribution >= 0.6 is 0 Å². The zero-order valence-electron chi connectivity index (χ0n) is 21.3. The summed E-state index contributed by atoms with van der Waals surface area (Å²) in [5.74, 6) is -1.31. The lowest BCUT2D eigenvalue weighted by molar-refractivity contribution is -0.276. The Morgan fingerprint density at radius 2 is 1.63 bits per heavy atom. The Bertz CT molecular complexity index is 1300. The molecule has 1 aliphatic rings. The zero-order chi connectivity index (χ0) is 26.3. The maximum Gasteiger partial charge on any atom is 0.344 e. The molecule has 1 aliphatic heterocycles. The van der Waals surface area contributed by atoms with Crippen LogP contribution in [0.1, 0.15) is 53.4 Å². The monoisotopic (exact) mass is 501 g/mol. The second-order valence-corrected chi connectivity index (χ2v) is 11.2. The van der Waals surface area contributed by atoms with Crippen molar-refractivity contribution in [2.24, 2.45) is 0 Å². The molecule has 1 unspecified atom stereocenters. The predicted molar refractivity (Wildman–Crippen MR) is 131 cm³/mol. The van der Waals surface area contributed by atoms with E-state index in [1.807, 2.05) is 32.9 Å². The summed E-state index contributed by atoms with van der Waals surface area (Å²) in [7, 11) is -2.25. The van der Waals surface area contributed by atoms with Crippen LogP contribution < -0.4 is 0 Å². The molecule has 9 heteroatoms. The molecule has 1 heterocycles. The average Bonchev–Trinajstić information content (AvgIpc) is 2.93. The van der Waals surface area contributed by atoms with Crippen molar-refractivity contribution in [3.05, 3.63) is 70.0 Å². The lowest BCUT2D eigenvalue weighted by Crippen LogP contribution is -2.46. The SMILES string of the molecule is COC(C)ON1C(=O)C(c2c(C)cc(C)cc2C)=C(OC(=O)c2ccccc2S(C)(=O)=O)C1(C)C. The van der Waals surface area contributed by atoms with Gasteiger partial charge in [0.1, 0.15) is 11.3 Å². The van der Waals surface area contributed by atoms with Crippen LogP contribution in [0.2, 0.25) is 0 Å². The van der Waals surface area contributed by atoms with Gasteiger partial charge in [-0.15, -0.1) is 0 Å². The molecule has 0 radical (unpaired) electrons. The quantitative estimate of drug-likeness (QED) is 0.415. The topological polar surface area (TPSA) is 99.2 Å². The summed E-state index contributed by atoms with van der Waals surface area (Å²) in [6.45, 7) is 10.7. The van der Waals surface area contributed by atoms with Crippen molar-refractivity contribution in [2.45, 2.75) is 58.3 Å². The molecule has 0 bridgehead atoms. The van der Waals surface area contributed by atoms with Crippen LogP contribution in [0.15, 0.2) is 47.1 Å². The van der Waals surface area contributed by atoms with Crippen molar-refractivity contribution in [3.63, 3.8) is 0 Å². The van der Waals surface area contributed by atoms with Crippen molar-refractivity contribution in [1.82, 2.24) is 5.06 Å². The number of nitrogens with zero attached hydrogens (tertiary/aromatic N) is 1. The molecule has 188 valence electrons. The van der Waals surface area contributed by atoms with E-state index in [2.05, 4.69) is 0 Å². The van der Waals surface area contributed by atoms with E-state index in [1.54, 1.807) is 26.8 Å². The Morgan fingerprint density at radius 1 is 1.06 bits per heavy atom. The average molecular weight is 502 g/mol. The van der Waals surface area contributed by atoms with Crippen LogP contribution in [0.3, 0.4) is 0 Å². The maximum absolute atomic E-state index is 13.7. The smallest absolute Gasteiger partial charge is 0.344 e. The molecule has 35 heavy (non-hydrogen) atoms. The van der Waals surface area contributed by atoms with E-state index in [-0.39, 0.29) is 21.8 Å². The predicted octanol–water partition coefficient (Wildman–Crippen LogP) is 4.13. The third-order valence-corrected chi connectivity index (χ3v) is 7.06. The van der Waals surface area contributed by atoms with E-state index in [4.69, 9.17) is 14.3 Å². The van der Waals surface area contributed by atoms with Crippen LogP contribution in [0, 0.1) is 20.8 Å². The Hall–Kier alpha value is -3.01. The summed E-state index contributed by atoms with van der Waals surface area (Å²) >= 11 is 0. The van der Waals surface area contributed by atoms with E-state index in [0.29, 0.717) is 5.56 Å². The molecule has 0 N–H and O–H groups in total. The van der Waals surface area contributed by atoms with Gasteiger partial charge in [-0.3, -0.25) is 4.79 Å². The second kappa shape index (κ2) is 9.56. The highest BCUT2D eigenvalue weighted by Gasteiger charge is 2.51. The number of hydrogen-bond donors (Lipinski definition) is 0. The summed E-state index contributed by atoms with van der Waals surface area (Å²) in [6.07, 6.45) is 0.272. The molecule has 0 saturated carbocycles. The van der Waals surface area contributed by atoms with Crippen LogP contribution in [-0.2, 0) is 28.9 Å². The van der Waals surface area contributed by atoms with Crippen molar-refractivity contribution < 1.29 is 32.3 Å². The molecule has 0 saturated heterocycles. The Morgan fingerprint density at radius 3 is 2.17 bits per heavy atom. The van der Waals surface area contributed by atoms with Crippen molar-refractivity contribution in [1.29, 1.82) is 0 Å². The van der Waals surface area contributed by atoms with Gasteiger partial charge in [-0.2, -0.15) is 0 Å². The van der Waals surface area contributed by atoms with Gasteiger partial charge in [-0.1, -0.05) is 29.8 Å². The minimum Gasteiger partial charge on any atom is -0.424 e. The van der Waals surface area contributed by atoms with Crippen LogP contribution in [-0.4, -0.2) is 50.6 Å². The summed E-state index contributed by atoms with van der Waals surface area (Å²) in [5.41, 5.74) is 2.16. The number of benzene rings is 2. The molecule has 0 spiro atoms. The minimum absolute atomic E-state index is 0.0640. The van der Waals surface area contributed by atoms with Crippen LogP contribution in [0.5, 0.6) is 0 Å². The number of carbonyl (C=O) groups is 2. The number of esters is 1. The van der Waals surface area contributed by atoms with Gasteiger partial charge in [0, 0.05) is 13.4 Å². The molecule has 1 amide bonds. The Kier molecular flexibility index (Phi) is 7.26. The van der Waals surface area contributed by atoms with Crippen LogP contribution in [0.25, 0.3) is 5.57 Å². The Balaban J connectivity index is 2.23. The largest absolute Gasteiger partial charge is 0.424 e. The molecule has 8 nitrogen and oxygen atoms in total. The summed E-state index contributed by atoms with van der Waals surface area (Å²) < 4.78 is 35.6. The van der Waals surface area contributed by atoms with Crippen LogP contribution in [0.4, 0.5) is 0 Å². The summed E-state index contributed by atoms with van der Waals surface area (Å²) in [4.78, 5) is 32.7. The number of rotatable bonds is 7. The number of aryl methyl sites for hydroxylation is 3. The number of carbonyl (C=O) groups excluding carboxylic acids is 2. The molecule has 2 aromatic carbocycles. The van der Waals surface area contributed by atoms with Crippen molar-refractivity contribution in [2.75, 3.05) is 13.4 Å². The summed E-state index contributed by atoms with van der Waals surface area (Å²) in [6, 6.07) is 9.68. The fourth-order valence-electron chi connectivity index (χ4n) is 4.30. The maximum atomic E-state index is 13.7. The number of ether oxygens (including phenoxy) is 2. The zero-order valence-corrected chi connectivity index (χ0v) is 22.1. The molecule has 0 aliphatic carbocycles. The highest BCUT2D eigenvalue weighted by Crippen LogP contribution is 2.43. The first-order valence-corrected chi connectivity index (χ1v) is 13.0. The third kappa shape index (κ3) is 5.03. The van der Waals surface area contributed by atoms with E-state index in [0.717, 1.165) is 28.0 Å². The van der Waals surface area contributed by atoms with E-state index in [9.17, 15) is 18.0 Å². The highest BCUT2D eigenvalue weighted by molar-refractivity contribution is 7.90. The normalized spacial score (nSPS) is 16.6. The molecule has 1 atom stereocenters. The van der Waals surface area contributed by atoms with E-state index in [1.165, 1.54) is 25.3 Å². The first-order valence-electron chi connectivity index (χ1n) is 11.1. The van der Waals surface area contributed by atoms with Gasteiger partial charge in [0.15, 0.2) is 16.1 Å². The number of hydroxylamine groups is 2. The molecular formula is C26H31NO7S. The fraction of sp³-hybridized carbons (Fsp3) is 0.385. The highest BCUT2D eigenvalue weighted by atomic mass is 32.2. The van der Waals surface area contributed by atoms with Crippen molar-refractivity contribution >= 4 is 27.3 Å². The van der Waals surface area contributed by atoms with Gasteiger partial charge >= 0.3 is 5.97 Å². The van der Waals surface area contributed by atoms with Gasteiger partial charge < -0.3 is 9.47 Å². The van der Waals surface area contributed by atoms with Gasteiger partial charge in [0.05, 0.1) is 16.0 Å². The third-order valence-electron chi connectivity index (χ3n) is 5.90. The standard InChI is InChI=1S/C26H31NO7S/c1-15-13-16(2)21(17(3)14-15)22-23(26(5,6)27(24(22)28)34-18(4)32-7)33-25(29)19-11-9-10-12-20(19)35(8,30)31/h9-14,18H,1-8H3. The second-order valence-electron chi connectivity index (χ2n) is 9.20. The lowest BCUT2D eigenvalue weighted by atomic mass is 9.91. The minimum atomic E-state index is -3.70. The van der Waals surface area contributed by atoms with Gasteiger partial charge in [-0.25, -0.2) is 23.1 Å². The number of methoxy groups -OCH3 is 1. The molecule has 2 aromatic rings. The fourth-order valence-corrected chi connectivity index (χ4v) is 5.18. The molecular weight excluding hydrogens is 470 g/mol. The first-order chi connectivity index (χ1) is 16.2. The summed E-state index contributed by atoms with van der Waals surface area (Å²) in [5, 5.41) is 1.14. The van der Waals surface area contributed by atoms with E-state index < -0.39 is 33.5 Å². The lowest BCUT2D eigenvalue weighted by Gasteiger charge is -2.33. The van der Waals surface area contributed by atoms with Gasteiger partial charge in [-0.05, 0) is 70.4 Å². The molecule has 0 aromatic heterocycles. The number of hydrogen-bond acceptors (Lipinski definition) is 7. The van der Waals surface area contributed by atoms with Gasteiger partial charge in [0.2, 0.25) is 0 Å². The van der Waals surface area contributed by atoms with Gasteiger partial charge in [0.25, 0.3) is 5.91 Å². The van der Waals surface area contributed by atoms with E-state index >= 15 is 0 Å².